The van der Waals surface area contributed by atoms with Gasteiger partial charge in [-0.05, 0) is 108 Å². The Morgan fingerprint density at radius 1 is 0.286 bits per heavy atom. The van der Waals surface area contributed by atoms with Gasteiger partial charge in [-0.15, -0.1) is 0 Å². The molecule has 0 bridgehead atoms. The molecular formula is C40H32N2. The summed E-state index contributed by atoms with van der Waals surface area (Å²) in [4.78, 5) is 4.67. The van der Waals surface area contributed by atoms with Crippen molar-refractivity contribution in [1.82, 2.24) is 0 Å². The molecule has 0 saturated heterocycles. The van der Waals surface area contributed by atoms with Crippen LogP contribution in [0.5, 0.6) is 0 Å². The van der Waals surface area contributed by atoms with Gasteiger partial charge in [0.1, 0.15) is 0 Å². The molecule has 0 heterocycles. The van der Waals surface area contributed by atoms with Gasteiger partial charge in [-0.3, -0.25) is 0 Å². The monoisotopic (exact) mass is 540 g/mol. The Hall–Kier alpha value is -5.34. The van der Waals surface area contributed by atoms with Gasteiger partial charge in [-0.1, -0.05) is 96.1 Å². The zero-order valence-electron chi connectivity index (χ0n) is 23.9. The largest absolute Gasteiger partial charge is 0.310 e. The molecule has 0 saturated carbocycles. The minimum atomic E-state index is 1.11. The number of hydrogen-bond donors (Lipinski definition) is 0. The number of hydrogen-bond acceptors (Lipinski definition) is 2. The van der Waals surface area contributed by atoms with Crippen LogP contribution in [0.4, 0.5) is 34.1 Å². The Morgan fingerprint density at radius 3 is 0.929 bits per heavy atom. The molecule has 0 radical (unpaired) electrons. The lowest BCUT2D eigenvalue weighted by molar-refractivity contribution is 1.25. The summed E-state index contributed by atoms with van der Waals surface area (Å²) in [5, 5.41) is 4.94. The summed E-state index contributed by atoms with van der Waals surface area (Å²) in [6.07, 6.45) is 0. The predicted molar refractivity (Wildman–Crippen MR) is 180 cm³/mol. The highest BCUT2D eigenvalue weighted by Crippen LogP contribution is 2.40. The van der Waals surface area contributed by atoms with E-state index < -0.39 is 0 Å². The van der Waals surface area contributed by atoms with E-state index in [4.69, 9.17) is 0 Å². The number of rotatable bonds is 6. The van der Waals surface area contributed by atoms with Crippen LogP contribution in [0.25, 0.3) is 21.5 Å². The van der Waals surface area contributed by atoms with Crippen LogP contribution in [0.2, 0.25) is 0 Å². The fraction of sp³-hybridized carbons (Fsp3) is 0.0500. The fourth-order valence-corrected chi connectivity index (χ4v) is 5.66. The molecule has 0 aliphatic heterocycles. The molecule has 7 aromatic rings. The first-order chi connectivity index (χ1) is 20.6. The van der Waals surface area contributed by atoms with Gasteiger partial charge in [0.25, 0.3) is 0 Å². The Balaban J connectivity index is 1.33. The molecule has 42 heavy (non-hydrogen) atoms. The average molecular weight is 541 g/mol. The second kappa shape index (κ2) is 10.9. The van der Waals surface area contributed by atoms with Crippen molar-refractivity contribution in [3.63, 3.8) is 0 Å². The van der Waals surface area contributed by atoms with Crippen LogP contribution in [0.15, 0.2) is 158 Å². The second-order valence-corrected chi connectivity index (χ2v) is 10.9. The summed E-state index contributed by atoms with van der Waals surface area (Å²) in [5.74, 6) is 0. The Bertz CT molecular complexity index is 1840. The smallest absolute Gasteiger partial charge is 0.0468 e. The van der Waals surface area contributed by atoms with Crippen molar-refractivity contribution in [2.75, 3.05) is 9.80 Å². The number of aryl methyl sites for hydroxylation is 2. The van der Waals surface area contributed by atoms with Crippen LogP contribution in [-0.2, 0) is 0 Å². The van der Waals surface area contributed by atoms with Crippen molar-refractivity contribution in [2.24, 2.45) is 0 Å². The summed E-state index contributed by atoms with van der Waals surface area (Å²) >= 11 is 0. The Kier molecular flexibility index (Phi) is 6.65. The van der Waals surface area contributed by atoms with Crippen molar-refractivity contribution in [3.8, 4) is 0 Å². The normalized spacial score (nSPS) is 11.1. The summed E-state index contributed by atoms with van der Waals surface area (Å²) in [7, 11) is 0. The van der Waals surface area contributed by atoms with Crippen LogP contribution in [-0.4, -0.2) is 0 Å². The number of benzene rings is 7. The number of anilines is 6. The maximum atomic E-state index is 2.34. The van der Waals surface area contributed by atoms with Crippen LogP contribution >= 0.6 is 0 Å². The Morgan fingerprint density at radius 2 is 0.571 bits per heavy atom. The highest BCUT2D eigenvalue weighted by Gasteiger charge is 2.16. The van der Waals surface area contributed by atoms with E-state index in [1.54, 1.807) is 0 Å². The molecule has 2 heteroatoms. The molecule has 0 aromatic heterocycles. The average Bonchev–Trinajstić information content (AvgIpc) is 3.04. The van der Waals surface area contributed by atoms with E-state index >= 15 is 0 Å². The SMILES string of the molecule is Cc1ccc(N(c2ccc(N(c3ccc(C)cc3)c3ccc4ccccc4c3)cc2)c2ccc3ccccc3c2)cc1. The lowest BCUT2D eigenvalue weighted by atomic mass is 10.1. The van der Waals surface area contributed by atoms with Crippen LogP contribution in [0, 0.1) is 13.8 Å². The van der Waals surface area contributed by atoms with E-state index in [-0.39, 0.29) is 0 Å². The van der Waals surface area contributed by atoms with Gasteiger partial charge in [0.05, 0.1) is 0 Å². The van der Waals surface area contributed by atoms with Gasteiger partial charge >= 0.3 is 0 Å². The van der Waals surface area contributed by atoms with Gasteiger partial charge in [0.2, 0.25) is 0 Å². The van der Waals surface area contributed by atoms with Gasteiger partial charge < -0.3 is 9.80 Å². The van der Waals surface area contributed by atoms with Crippen LogP contribution < -0.4 is 9.80 Å². The molecule has 2 nitrogen and oxygen atoms in total. The first-order valence-electron chi connectivity index (χ1n) is 14.4. The van der Waals surface area contributed by atoms with Gasteiger partial charge in [0.15, 0.2) is 0 Å². The van der Waals surface area contributed by atoms with Crippen molar-refractivity contribution >= 4 is 55.7 Å². The quantitative estimate of drug-likeness (QED) is 0.207. The topological polar surface area (TPSA) is 6.48 Å². The first-order valence-corrected chi connectivity index (χ1v) is 14.4. The zero-order chi connectivity index (χ0) is 28.5. The lowest BCUT2D eigenvalue weighted by Crippen LogP contribution is -2.12. The van der Waals surface area contributed by atoms with E-state index in [0.29, 0.717) is 0 Å². The third kappa shape index (κ3) is 5.00. The van der Waals surface area contributed by atoms with Gasteiger partial charge in [-0.2, -0.15) is 0 Å². The molecule has 0 spiro atoms. The van der Waals surface area contributed by atoms with E-state index in [2.05, 4.69) is 181 Å². The van der Waals surface area contributed by atoms with Crippen LogP contribution in [0.3, 0.4) is 0 Å². The van der Waals surface area contributed by atoms with E-state index in [1.807, 2.05) is 0 Å². The van der Waals surface area contributed by atoms with Crippen molar-refractivity contribution in [2.45, 2.75) is 13.8 Å². The Labute approximate surface area is 247 Å². The zero-order valence-corrected chi connectivity index (χ0v) is 23.9. The molecule has 0 amide bonds. The predicted octanol–water partition coefficient (Wildman–Crippen LogP) is 11.5. The minimum absolute atomic E-state index is 1.11. The van der Waals surface area contributed by atoms with E-state index in [0.717, 1.165) is 34.1 Å². The molecule has 202 valence electrons. The third-order valence-corrected chi connectivity index (χ3v) is 7.93. The number of nitrogens with zero attached hydrogens (tertiary/aromatic N) is 2. The minimum Gasteiger partial charge on any atom is -0.310 e. The third-order valence-electron chi connectivity index (χ3n) is 7.93. The van der Waals surface area contributed by atoms with E-state index in [9.17, 15) is 0 Å². The maximum absolute atomic E-state index is 2.34. The standard InChI is InChI=1S/C40H32N2/c1-29-11-17-35(18-12-29)41(39-21-15-31-7-3-5-9-33(31)27-39)37-23-25-38(26-24-37)42(36-19-13-30(2)14-20-36)40-22-16-32-8-4-6-10-34(32)28-40/h3-28H,1-2H3. The summed E-state index contributed by atoms with van der Waals surface area (Å²) in [5.41, 5.74) is 9.25. The lowest BCUT2D eigenvalue weighted by Gasteiger charge is -2.29. The van der Waals surface area contributed by atoms with Crippen molar-refractivity contribution < 1.29 is 0 Å². The second-order valence-electron chi connectivity index (χ2n) is 10.9. The molecule has 0 aliphatic carbocycles. The summed E-state index contributed by atoms with van der Waals surface area (Å²) in [6, 6.07) is 56.9. The maximum Gasteiger partial charge on any atom is 0.0468 e. The molecular weight excluding hydrogens is 508 g/mol. The van der Waals surface area contributed by atoms with E-state index in [1.165, 1.54) is 32.7 Å². The number of fused-ring (bicyclic) bond motifs is 2. The highest BCUT2D eigenvalue weighted by molar-refractivity contribution is 5.91. The van der Waals surface area contributed by atoms with Gasteiger partial charge in [-0.25, -0.2) is 0 Å². The first kappa shape index (κ1) is 25.6. The van der Waals surface area contributed by atoms with Gasteiger partial charge in [0, 0.05) is 34.1 Å². The van der Waals surface area contributed by atoms with Crippen molar-refractivity contribution in [3.05, 3.63) is 169 Å². The molecule has 0 N–H and O–H groups in total. The molecule has 0 aliphatic rings. The molecule has 7 aromatic carbocycles. The fourth-order valence-electron chi connectivity index (χ4n) is 5.66. The summed E-state index contributed by atoms with van der Waals surface area (Å²) < 4.78 is 0. The molecule has 7 rings (SSSR count). The van der Waals surface area contributed by atoms with Crippen molar-refractivity contribution in [1.29, 1.82) is 0 Å². The molecule has 0 unspecified atom stereocenters. The molecule has 0 fully saturated rings. The molecule has 0 atom stereocenters. The highest BCUT2D eigenvalue weighted by atomic mass is 15.2. The summed E-state index contributed by atoms with van der Waals surface area (Å²) in [6.45, 7) is 4.26. The van der Waals surface area contributed by atoms with Crippen LogP contribution in [0.1, 0.15) is 11.1 Å².